The summed E-state index contributed by atoms with van der Waals surface area (Å²) in [5.41, 5.74) is 0. The molecule has 8 heteroatoms. The number of rotatable bonds is 8. The van der Waals surface area contributed by atoms with Crippen LogP contribution in [0.5, 0.6) is 0 Å². The summed E-state index contributed by atoms with van der Waals surface area (Å²) in [6.07, 6.45) is 5.72. The van der Waals surface area contributed by atoms with Gasteiger partial charge in [0.25, 0.3) is 0 Å². The Bertz CT molecular complexity index is 440. The van der Waals surface area contributed by atoms with Gasteiger partial charge in [0.2, 0.25) is 5.91 Å². The molecule has 5 nitrogen and oxygen atoms in total. The molecular weight excluding hydrogens is 528 g/mol. The van der Waals surface area contributed by atoms with E-state index in [1.165, 1.54) is 0 Å². The van der Waals surface area contributed by atoms with Crippen molar-refractivity contribution in [3.8, 4) is 0 Å². The summed E-state index contributed by atoms with van der Waals surface area (Å²) in [5.74, 6) is 1.09. The van der Waals surface area contributed by atoms with Crippen LogP contribution in [0.2, 0.25) is 0 Å². The summed E-state index contributed by atoms with van der Waals surface area (Å²) in [4.78, 5) is 23.3. The first-order valence-corrected chi connectivity index (χ1v) is 11.0. The molecule has 2 heterocycles. The van der Waals surface area contributed by atoms with Crippen LogP contribution in [-0.4, -0.2) is 36.6 Å². The molecular formula is C14H23I2N3O2S. The zero-order valence-corrected chi connectivity index (χ0v) is 17.8. The first-order valence-electron chi connectivity index (χ1n) is 7.78. The summed E-state index contributed by atoms with van der Waals surface area (Å²) >= 11 is 6.68. The first kappa shape index (κ1) is 18.9. The monoisotopic (exact) mass is 551 g/mol. The maximum Gasteiger partial charge on any atom is 0.317 e. The molecule has 2 aliphatic rings. The number of alkyl halides is 2. The highest BCUT2D eigenvalue weighted by atomic mass is 127. The van der Waals surface area contributed by atoms with Gasteiger partial charge in [-0.1, -0.05) is 64.9 Å². The summed E-state index contributed by atoms with van der Waals surface area (Å²) in [5, 5.41) is 9.49. The van der Waals surface area contributed by atoms with E-state index in [1.807, 2.05) is 11.8 Å². The second kappa shape index (κ2) is 8.09. The molecule has 0 aliphatic carbocycles. The Morgan fingerprint density at radius 3 is 2.86 bits per heavy atom. The molecule has 0 saturated carbocycles. The number of thioether (sulfide) groups is 1. The fraction of sp³-hybridized carbons (Fsp3) is 0.857. The lowest BCUT2D eigenvalue weighted by Crippen LogP contribution is -2.53. The highest BCUT2D eigenvalue weighted by molar-refractivity contribution is 14.1. The minimum absolute atomic E-state index is 0.0654. The van der Waals surface area contributed by atoms with E-state index in [1.54, 1.807) is 0 Å². The fourth-order valence-corrected chi connectivity index (χ4v) is 7.50. The molecule has 1 unspecified atom stereocenters. The minimum atomic E-state index is -0.226. The Morgan fingerprint density at radius 2 is 2.14 bits per heavy atom. The number of hydrogen-bond acceptors (Lipinski definition) is 3. The third-order valence-electron chi connectivity index (χ3n) is 4.08. The van der Waals surface area contributed by atoms with Gasteiger partial charge in [0.15, 0.2) is 0 Å². The third-order valence-corrected chi connectivity index (χ3v) is 11.1. The van der Waals surface area contributed by atoms with E-state index in [0.717, 1.165) is 44.4 Å². The number of fused-ring (bicyclic) bond motifs is 1. The summed E-state index contributed by atoms with van der Waals surface area (Å²) in [7, 11) is 0. The zero-order chi connectivity index (χ0) is 16.2. The number of carbonyl (C=O) groups is 2. The smallest absolute Gasteiger partial charge is 0.317 e. The second-order valence-corrected chi connectivity index (χ2v) is 10.6. The summed E-state index contributed by atoms with van der Waals surface area (Å²) in [6.45, 7) is 2.91. The quantitative estimate of drug-likeness (QED) is 0.143. The molecule has 2 rings (SSSR count). The first-order chi connectivity index (χ1) is 10.4. The second-order valence-electron chi connectivity index (χ2n) is 5.84. The lowest BCUT2D eigenvalue weighted by Gasteiger charge is -2.32. The van der Waals surface area contributed by atoms with Crippen molar-refractivity contribution in [3.05, 3.63) is 0 Å². The SMILES string of the molecule is CCCCNC(=O)CCCCC1SC[C@]2(I)NC(=O)N[C@]12I. The van der Waals surface area contributed by atoms with Crippen LogP contribution >= 0.6 is 56.9 Å². The molecule has 3 amide bonds. The maximum absolute atomic E-state index is 11.7. The Labute approximate surface area is 163 Å². The molecule has 0 spiro atoms. The van der Waals surface area contributed by atoms with Gasteiger partial charge in [0.1, 0.15) is 7.09 Å². The van der Waals surface area contributed by atoms with Crippen LogP contribution in [0.25, 0.3) is 0 Å². The molecule has 126 valence electrons. The van der Waals surface area contributed by atoms with Gasteiger partial charge in [-0.2, -0.15) is 11.8 Å². The number of urea groups is 1. The van der Waals surface area contributed by atoms with Crippen molar-refractivity contribution >= 4 is 68.9 Å². The maximum atomic E-state index is 11.7. The fourth-order valence-electron chi connectivity index (χ4n) is 2.76. The van der Waals surface area contributed by atoms with Crippen molar-refractivity contribution in [2.45, 2.75) is 57.8 Å². The van der Waals surface area contributed by atoms with Crippen LogP contribution < -0.4 is 16.0 Å². The van der Waals surface area contributed by atoms with Crippen molar-refractivity contribution in [1.82, 2.24) is 16.0 Å². The predicted octanol–water partition coefficient (Wildman–Crippen LogP) is 3.15. The van der Waals surface area contributed by atoms with Crippen LogP contribution in [0.3, 0.4) is 0 Å². The van der Waals surface area contributed by atoms with E-state index in [2.05, 4.69) is 68.1 Å². The van der Waals surface area contributed by atoms with Crippen LogP contribution in [-0.2, 0) is 4.79 Å². The standard InChI is InChI=1S/C14H23I2N3O2S/c1-2-3-8-17-11(20)7-5-4-6-10-14(16)13(15,9-22-10)18-12(21)19-14/h10H,2-9H2,1H3,(H,17,20)(H2,18,19,21)/t10?,13-,14+/m0/s1. The van der Waals surface area contributed by atoms with Crippen LogP contribution in [0.15, 0.2) is 0 Å². The van der Waals surface area contributed by atoms with Gasteiger partial charge >= 0.3 is 6.03 Å². The number of nitrogens with one attached hydrogen (secondary N) is 3. The van der Waals surface area contributed by atoms with Gasteiger partial charge in [0.05, 0.1) is 0 Å². The molecule has 0 aromatic carbocycles. The molecule has 2 saturated heterocycles. The molecule has 3 N–H and O–H groups in total. The number of amides is 3. The lowest BCUT2D eigenvalue weighted by molar-refractivity contribution is -0.121. The molecule has 2 fully saturated rings. The van der Waals surface area contributed by atoms with E-state index >= 15 is 0 Å². The Morgan fingerprint density at radius 1 is 1.36 bits per heavy atom. The van der Waals surface area contributed by atoms with Gasteiger partial charge < -0.3 is 16.0 Å². The van der Waals surface area contributed by atoms with E-state index < -0.39 is 0 Å². The van der Waals surface area contributed by atoms with Crippen LogP contribution in [0.1, 0.15) is 45.4 Å². The number of halogens is 2. The molecule has 22 heavy (non-hydrogen) atoms. The Hall–Kier alpha value is 0.550. The average molecular weight is 551 g/mol. The molecule has 2 aliphatic heterocycles. The summed E-state index contributed by atoms with van der Waals surface area (Å²) < 4.78 is -0.425. The number of carbonyl (C=O) groups excluding carboxylic acids is 2. The Kier molecular flexibility index (Phi) is 6.94. The predicted molar refractivity (Wildman–Crippen MR) is 108 cm³/mol. The van der Waals surface area contributed by atoms with Crippen molar-refractivity contribution in [2.75, 3.05) is 12.3 Å². The minimum Gasteiger partial charge on any atom is -0.356 e. The number of hydrogen-bond donors (Lipinski definition) is 3. The number of unbranched alkanes of at least 4 members (excludes halogenated alkanes) is 2. The van der Waals surface area contributed by atoms with Crippen molar-refractivity contribution in [2.24, 2.45) is 0 Å². The molecule has 0 bridgehead atoms. The Balaban J connectivity index is 1.70. The molecule has 0 aromatic rings. The van der Waals surface area contributed by atoms with Crippen LogP contribution in [0, 0.1) is 0 Å². The topological polar surface area (TPSA) is 70.2 Å². The molecule has 0 radical (unpaired) electrons. The van der Waals surface area contributed by atoms with Gasteiger partial charge in [-0.15, -0.1) is 0 Å². The molecule has 0 aromatic heterocycles. The highest BCUT2D eigenvalue weighted by Gasteiger charge is 2.63. The van der Waals surface area contributed by atoms with Crippen molar-refractivity contribution < 1.29 is 9.59 Å². The van der Waals surface area contributed by atoms with Crippen molar-refractivity contribution in [3.63, 3.8) is 0 Å². The largest absolute Gasteiger partial charge is 0.356 e. The van der Waals surface area contributed by atoms with Crippen molar-refractivity contribution in [1.29, 1.82) is 0 Å². The van der Waals surface area contributed by atoms with Gasteiger partial charge in [0, 0.05) is 24.0 Å². The van der Waals surface area contributed by atoms with E-state index in [4.69, 9.17) is 0 Å². The van der Waals surface area contributed by atoms with Crippen LogP contribution in [0.4, 0.5) is 4.79 Å². The zero-order valence-electron chi connectivity index (χ0n) is 12.7. The van der Waals surface area contributed by atoms with E-state index in [9.17, 15) is 9.59 Å². The summed E-state index contributed by atoms with van der Waals surface area (Å²) in [6, 6.07) is -0.0654. The van der Waals surface area contributed by atoms with E-state index in [-0.39, 0.29) is 19.0 Å². The molecule has 3 atom stereocenters. The third kappa shape index (κ3) is 4.14. The van der Waals surface area contributed by atoms with Gasteiger partial charge in [-0.05, 0) is 19.3 Å². The average Bonchev–Trinajstić information content (AvgIpc) is 2.81. The van der Waals surface area contributed by atoms with Gasteiger partial charge in [-0.25, -0.2) is 4.79 Å². The lowest BCUT2D eigenvalue weighted by atomic mass is 10.0. The highest BCUT2D eigenvalue weighted by Crippen LogP contribution is 2.54. The van der Waals surface area contributed by atoms with E-state index in [0.29, 0.717) is 11.7 Å². The van der Waals surface area contributed by atoms with Gasteiger partial charge in [-0.3, -0.25) is 4.79 Å². The normalized spacial score (nSPS) is 33.2.